The van der Waals surface area contributed by atoms with E-state index in [-0.39, 0.29) is 11.9 Å². The summed E-state index contributed by atoms with van der Waals surface area (Å²) in [6.45, 7) is 7.95. The Balaban J connectivity index is 1.29. The van der Waals surface area contributed by atoms with Crippen LogP contribution in [0.3, 0.4) is 0 Å². The highest BCUT2D eigenvalue weighted by Gasteiger charge is 2.30. The van der Waals surface area contributed by atoms with Gasteiger partial charge in [0, 0.05) is 45.8 Å². The van der Waals surface area contributed by atoms with Crippen molar-refractivity contribution in [2.24, 2.45) is 0 Å². The molecular weight excluding hydrogens is 372 g/mol. The first kappa shape index (κ1) is 21.0. The topological polar surface area (TPSA) is 38.8 Å². The fourth-order valence-corrected chi connectivity index (χ4v) is 4.54. The fraction of sp³-hybridized carbons (Fsp3) is 0.480. The van der Waals surface area contributed by atoms with Crippen LogP contribution >= 0.6 is 0 Å². The molecule has 2 aromatic rings. The fourth-order valence-electron chi connectivity index (χ4n) is 4.54. The summed E-state index contributed by atoms with van der Waals surface area (Å²) >= 11 is 0. The summed E-state index contributed by atoms with van der Waals surface area (Å²) in [5.41, 5.74) is 3.79. The van der Waals surface area contributed by atoms with E-state index in [0.29, 0.717) is 6.54 Å². The molecule has 2 heterocycles. The lowest BCUT2D eigenvalue weighted by Crippen LogP contribution is -2.43. The van der Waals surface area contributed by atoms with E-state index >= 15 is 0 Å². The minimum absolute atomic E-state index is 0.0151. The number of hydrogen-bond acceptors (Lipinski definition) is 4. The first-order valence-electron chi connectivity index (χ1n) is 11.2. The van der Waals surface area contributed by atoms with Gasteiger partial charge in [0.1, 0.15) is 0 Å². The van der Waals surface area contributed by atoms with Gasteiger partial charge in [-0.3, -0.25) is 14.6 Å². The van der Waals surface area contributed by atoms with Crippen LogP contribution in [0, 0.1) is 0 Å². The quantitative estimate of drug-likeness (QED) is 0.767. The molecule has 0 saturated carbocycles. The highest BCUT2D eigenvalue weighted by Crippen LogP contribution is 2.20. The van der Waals surface area contributed by atoms with Crippen molar-refractivity contribution >= 4 is 5.91 Å². The van der Waals surface area contributed by atoms with Crippen molar-refractivity contribution in [1.82, 2.24) is 20.0 Å². The molecule has 30 heavy (non-hydrogen) atoms. The average Bonchev–Trinajstić information content (AvgIpc) is 3.23. The first-order chi connectivity index (χ1) is 14.7. The van der Waals surface area contributed by atoms with Crippen molar-refractivity contribution in [3.63, 3.8) is 0 Å². The number of rotatable bonds is 7. The average molecular weight is 407 g/mol. The SMILES string of the molecule is CN1CCN(Cc2cccc(CNC(=O)C3CCCN3Cc3ccccc3)c2)CC1. The zero-order valence-electron chi connectivity index (χ0n) is 18.1. The molecule has 5 heteroatoms. The number of carbonyl (C=O) groups excluding carboxylic acids is 1. The number of likely N-dealkylation sites (tertiary alicyclic amines) is 1. The van der Waals surface area contributed by atoms with Gasteiger partial charge in [-0.05, 0) is 43.1 Å². The van der Waals surface area contributed by atoms with Crippen LogP contribution in [0.5, 0.6) is 0 Å². The van der Waals surface area contributed by atoms with Gasteiger partial charge in [0.25, 0.3) is 0 Å². The Hall–Kier alpha value is -2.21. The summed E-state index contributed by atoms with van der Waals surface area (Å²) in [6.07, 6.45) is 2.04. The number of likely N-dealkylation sites (N-methyl/N-ethyl adjacent to an activating group) is 1. The summed E-state index contributed by atoms with van der Waals surface area (Å²) in [5.74, 6) is 0.160. The van der Waals surface area contributed by atoms with E-state index in [1.54, 1.807) is 0 Å². The molecule has 2 fully saturated rings. The maximum atomic E-state index is 12.9. The molecule has 1 atom stereocenters. The first-order valence-corrected chi connectivity index (χ1v) is 11.2. The Morgan fingerprint density at radius 3 is 2.43 bits per heavy atom. The third-order valence-electron chi connectivity index (χ3n) is 6.36. The molecule has 2 aliphatic heterocycles. The summed E-state index contributed by atoms with van der Waals surface area (Å²) < 4.78 is 0. The molecule has 1 unspecified atom stereocenters. The third kappa shape index (κ3) is 5.69. The molecule has 4 rings (SSSR count). The number of piperazine rings is 1. The van der Waals surface area contributed by atoms with E-state index in [0.717, 1.165) is 58.7 Å². The van der Waals surface area contributed by atoms with E-state index in [2.05, 4.69) is 75.6 Å². The molecule has 0 aliphatic carbocycles. The van der Waals surface area contributed by atoms with Crippen molar-refractivity contribution in [3.8, 4) is 0 Å². The molecule has 5 nitrogen and oxygen atoms in total. The van der Waals surface area contributed by atoms with E-state index < -0.39 is 0 Å². The van der Waals surface area contributed by atoms with Crippen LogP contribution in [0.1, 0.15) is 29.5 Å². The largest absolute Gasteiger partial charge is 0.351 e. The van der Waals surface area contributed by atoms with Crippen LogP contribution in [-0.4, -0.2) is 66.4 Å². The van der Waals surface area contributed by atoms with E-state index in [1.165, 1.54) is 16.7 Å². The second-order valence-corrected chi connectivity index (χ2v) is 8.73. The van der Waals surface area contributed by atoms with E-state index in [1.807, 2.05) is 6.07 Å². The summed E-state index contributed by atoms with van der Waals surface area (Å²) in [6, 6.07) is 19.1. The minimum Gasteiger partial charge on any atom is -0.351 e. The zero-order valence-corrected chi connectivity index (χ0v) is 18.1. The van der Waals surface area contributed by atoms with E-state index in [4.69, 9.17) is 0 Å². The van der Waals surface area contributed by atoms with Crippen LogP contribution in [0.15, 0.2) is 54.6 Å². The smallest absolute Gasteiger partial charge is 0.237 e. The van der Waals surface area contributed by atoms with Crippen molar-refractivity contribution in [3.05, 3.63) is 71.3 Å². The van der Waals surface area contributed by atoms with Crippen molar-refractivity contribution in [1.29, 1.82) is 0 Å². The number of nitrogens with one attached hydrogen (secondary N) is 1. The Morgan fingerprint density at radius 1 is 0.900 bits per heavy atom. The summed E-state index contributed by atoms with van der Waals surface area (Å²) in [7, 11) is 2.19. The van der Waals surface area contributed by atoms with Gasteiger partial charge in [0.15, 0.2) is 0 Å². The summed E-state index contributed by atoms with van der Waals surface area (Å²) in [4.78, 5) is 20.1. The van der Waals surface area contributed by atoms with Crippen molar-refractivity contribution < 1.29 is 4.79 Å². The van der Waals surface area contributed by atoms with Gasteiger partial charge in [-0.2, -0.15) is 0 Å². The molecule has 0 bridgehead atoms. The number of amides is 1. The van der Waals surface area contributed by atoms with E-state index in [9.17, 15) is 4.79 Å². The Morgan fingerprint density at radius 2 is 1.63 bits per heavy atom. The Labute approximate surface area is 180 Å². The molecule has 0 aromatic heterocycles. The zero-order chi connectivity index (χ0) is 20.8. The lowest BCUT2D eigenvalue weighted by molar-refractivity contribution is -0.125. The van der Waals surface area contributed by atoms with Crippen LogP contribution in [0.25, 0.3) is 0 Å². The second-order valence-electron chi connectivity index (χ2n) is 8.73. The van der Waals surface area contributed by atoms with Gasteiger partial charge >= 0.3 is 0 Å². The van der Waals surface area contributed by atoms with Crippen molar-refractivity contribution in [2.75, 3.05) is 39.8 Å². The third-order valence-corrected chi connectivity index (χ3v) is 6.36. The molecule has 0 radical (unpaired) electrons. The van der Waals surface area contributed by atoms with Gasteiger partial charge in [0.2, 0.25) is 5.91 Å². The molecule has 1 amide bonds. The number of carbonyl (C=O) groups is 1. The van der Waals surface area contributed by atoms with Gasteiger partial charge in [-0.25, -0.2) is 0 Å². The molecule has 1 N–H and O–H groups in total. The maximum Gasteiger partial charge on any atom is 0.237 e. The molecule has 160 valence electrons. The standard InChI is InChI=1S/C25H34N4O/c1-27-13-15-28(16-14-27)19-23-10-5-9-22(17-23)18-26-25(30)24-11-6-12-29(24)20-21-7-3-2-4-8-21/h2-5,7-10,17,24H,6,11-16,18-20H2,1H3,(H,26,30). The molecule has 2 saturated heterocycles. The minimum atomic E-state index is -0.0151. The Kier molecular flexibility index (Phi) is 7.16. The highest BCUT2D eigenvalue weighted by atomic mass is 16.2. The van der Waals surface area contributed by atoms with Crippen molar-refractivity contribution in [2.45, 2.75) is 38.5 Å². The predicted molar refractivity (Wildman–Crippen MR) is 121 cm³/mol. The van der Waals surface area contributed by atoms with Gasteiger partial charge in [0.05, 0.1) is 6.04 Å². The van der Waals surface area contributed by atoms with Crippen LogP contribution < -0.4 is 5.32 Å². The molecule has 2 aromatic carbocycles. The number of hydrogen-bond donors (Lipinski definition) is 1. The maximum absolute atomic E-state index is 12.9. The summed E-state index contributed by atoms with van der Waals surface area (Å²) in [5, 5.41) is 3.19. The van der Waals surface area contributed by atoms with Gasteiger partial charge < -0.3 is 10.2 Å². The number of nitrogens with zero attached hydrogens (tertiary/aromatic N) is 3. The van der Waals surface area contributed by atoms with Gasteiger partial charge in [-0.15, -0.1) is 0 Å². The highest BCUT2D eigenvalue weighted by molar-refractivity contribution is 5.82. The number of benzene rings is 2. The van der Waals surface area contributed by atoms with Crippen LogP contribution in [0.2, 0.25) is 0 Å². The molecule has 2 aliphatic rings. The lowest BCUT2D eigenvalue weighted by Gasteiger charge is -2.32. The second kappa shape index (κ2) is 10.2. The predicted octanol–water partition coefficient (Wildman–Crippen LogP) is 2.71. The Bertz CT molecular complexity index is 817. The molecular formula is C25H34N4O. The monoisotopic (exact) mass is 406 g/mol. The lowest BCUT2D eigenvalue weighted by atomic mass is 10.1. The molecule has 0 spiro atoms. The normalized spacial score (nSPS) is 21.0. The van der Waals surface area contributed by atoms with Gasteiger partial charge in [-0.1, -0.05) is 54.6 Å². The van der Waals surface area contributed by atoms with Crippen LogP contribution in [-0.2, 0) is 24.4 Å². The van der Waals surface area contributed by atoms with Crippen LogP contribution in [0.4, 0.5) is 0 Å².